The highest BCUT2D eigenvalue weighted by atomic mass is 31.3. The molecular weight excluding hydrogens is 493 g/mol. The zero-order chi connectivity index (χ0) is 23.2. The maximum Gasteiger partial charge on any atom is 0.490 e. The maximum absolute atomic E-state index is 11.8. The average molecular weight is 508 g/mol. The minimum absolute atomic E-state index is 0.0253. The van der Waals surface area contributed by atoms with E-state index >= 15 is 0 Å². The van der Waals surface area contributed by atoms with Crippen LogP contribution >= 0.6 is 23.5 Å². The van der Waals surface area contributed by atoms with Crippen LogP contribution in [0.5, 0.6) is 5.88 Å². The zero-order valence-corrected chi connectivity index (χ0v) is 17.5. The van der Waals surface area contributed by atoms with Gasteiger partial charge >= 0.3 is 23.5 Å². The summed E-state index contributed by atoms with van der Waals surface area (Å²) in [6, 6.07) is 0. The number of aromatic nitrogens is 4. The van der Waals surface area contributed by atoms with Gasteiger partial charge in [-0.15, -0.1) is 0 Å². The molecule has 0 aromatic carbocycles. The van der Waals surface area contributed by atoms with E-state index in [1.54, 1.807) is 0 Å². The molecular formula is C10H15N4O14P3. The third-order valence-corrected chi connectivity index (χ3v) is 7.57. The van der Waals surface area contributed by atoms with Crippen LogP contribution in [0.3, 0.4) is 0 Å². The van der Waals surface area contributed by atoms with Crippen molar-refractivity contribution in [3.05, 3.63) is 12.7 Å². The van der Waals surface area contributed by atoms with Crippen LogP contribution < -0.4 is 0 Å². The predicted octanol–water partition coefficient (Wildman–Crippen LogP) is -1.51. The van der Waals surface area contributed by atoms with Gasteiger partial charge in [-0.3, -0.25) is 9.09 Å². The highest BCUT2D eigenvalue weighted by molar-refractivity contribution is 7.66. The molecule has 0 spiro atoms. The molecule has 1 fully saturated rings. The first-order valence-corrected chi connectivity index (χ1v) is 12.4. The fraction of sp³-hybridized carbons (Fsp3) is 0.500. The summed E-state index contributed by atoms with van der Waals surface area (Å²) < 4.78 is 51.7. The summed E-state index contributed by atoms with van der Waals surface area (Å²) in [5.41, 5.74) is -0.0122. The molecule has 0 radical (unpaired) electrons. The molecule has 0 amide bonds. The SMILES string of the molecule is O=P(O)(O)OP(=O)(O)OP(=O)(O)OC[C@H]1O[C@@H](n2cnc3c(O)ncnc32)C(O)C1O. The Morgan fingerprint density at radius 3 is 2.32 bits per heavy atom. The van der Waals surface area contributed by atoms with Crippen LogP contribution in [0, 0.1) is 0 Å². The number of aromatic hydroxyl groups is 1. The molecule has 18 nitrogen and oxygen atoms in total. The van der Waals surface area contributed by atoms with E-state index in [-0.39, 0.29) is 11.2 Å². The molecule has 2 aromatic rings. The van der Waals surface area contributed by atoms with E-state index in [1.165, 1.54) is 0 Å². The van der Waals surface area contributed by atoms with E-state index in [0.29, 0.717) is 0 Å². The van der Waals surface area contributed by atoms with Crippen LogP contribution in [-0.4, -0.2) is 79.3 Å². The molecule has 3 rings (SSSR count). The van der Waals surface area contributed by atoms with Crippen molar-refractivity contribution in [3.8, 4) is 5.88 Å². The van der Waals surface area contributed by atoms with Crippen LogP contribution in [0.25, 0.3) is 11.2 Å². The lowest BCUT2D eigenvalue weighted by molar-refractivity contribution is -0.0503. The number of phosphoric acid groups is 3. The molecule has 4 unspecified atom stereocenters. The first kappa shape index (κ1) is 24.3. The molecule has 0 bridgehead atoms. The molecule has 6 atom stereocenters. The summed E-state index contributed by atoms with van der Waals surface area (Å²) in [6.07, 6.45) is -4.05. The van der Waals surface area contributed by atoms with Gasteiger partial charge in [0.15, 0.2) is 17.4 Å². The standard InChI is InChI=1S/C10H15N4O14P3/c15-6-4(1-25-30(21,22)28-31(23,24)27-29(18,19)20)26-10(7(6)16)14-3-13-5-8(14)11-2-12-9(5)17/h2-4,6-7,10,15-16H,1H2,(H,21,22)(H,23,24)(H,11,12,17)(H2,18,19,20)/t4-,6?,7?,10-/m1/s1. The van der Waals surface area contributed by atoms with E-state index in [2.05, 4.69) is 28.1 Å². The van der Waals surface area contributed by atoms with Crippen molar-refractivity contribution in [2.75, 3.05) is 6.61 Å². The monoisotopic (exact) mass is 508 g/mol. The van der Waals surface area contributed by atoms with Crippen molar-refractivity contribution >= 4 is 34.6 Å². The Labute approximate surface area is 171 Å². The summed E-state index contributed by atoms with van der Waals surface area (Å²) >= 11 is 0. The van der Waals surface area contributed by atoms with Gasteiger partial charge in [0, 0.05) is 0 Å². The Bertz CT molecular complexity index is 1100. The van der Waals surface area contributed by atoms with E-state index in [9.17, 15) is 33.9 Å². The molecule has 1 aliphatic rings. The topological polar surface area (TPSA) is 273 Å². The lowest BCUT2D eigenvalue weighted by atomic mass is 10.1. The van der Waals surface area contributed by atoms with Gasteiger partial charge in [0.1, 0.15) is 24.6 Å². The van der Waals surface area contributed by atoms with E-state index < -0.39 is 60.5 Å². The quantitative estimate of drug-likeness (QED) is 0.200. The van der Waals surface area contributed by atoms with Crippen LogP contribution in [-0.2, 0) is 31.6 Å². The molecule has 3 heterocycles. The second-order valence-electron chi connectivity index (χ2n) is 5.95. The molecule has 1 saturated heterocycles. The summed E-state index contributed by atoms with van der Waals surface area (Å²) in [6.45, 7) is -0.981. The number of phosphoric ester groups is 1. The van der Waals surface area contributed by atoms with Crippen molar-refractivity contribution in [2.24, 2.45) is 0 Å². The molecule has 2 aromatic heterocycles. The second-order valence-corrected chi connectivity index (χ2v) is 10.4. The normalized spacial score (nSPS) is 28.5. The molecule has 1 aliphatic heterocycles. The van der Waals surface area contributed by atoms with Crippen LogP contribution in [0.1, 0.15) is 6.23 Å². The number of hydrogen-bond donors (Lipinski definition) is 7. The fourth-order valence-corrected chi connectivity index (χ4v) is 5.62. The largest absolute Gasteiger partial charge is 0.492 e. The molecule has 21 heteroatoms. The first-order valence-electron chi connectivity index (χ1n) is 7.85. The van der Waals surface area contributed by atoms with Crippen molar-refractivity contribution in [2.45, 2.75) is 24.5 Å². The van der Waals surface area contributed by atoms with Gasteiger partial charge in [-0.2, -0.15) is 13.6 Å². The number of ether oxygens (including phenoxy) is 1. The zero-order valence-electron chi connectivity index (χ0n) is 14.8. The van der Waals surface area contributed by atoms with Crippen molar-refractivity contribution < 1.29 is 66.5 Å². The predicted molar refractivity (Wildman–Crippen MR) is 92.7 cm³/mol. The number of nitrogens with zero attached hydrogens (tertiary/aromatic N) is 4. The first-order chi connectivity index (χ1) is 14.2. The highest BCUT2D eigenvalue weighted by Crippen LogP contribution is 2.66. The second kappa shape index (κ2) is 8.53. The molecule has 0 saturated carbocycles. The summed E-state index contributed by atoms with van der Waals surface area (Å²) in [5.74, 6) is -0.457. The smallest absolute Gasteiger partial charge is 0.490 e. The Balaban J connectivity index is 1.69. The van der Waals surface area contributed by atoms with Crippen LogP contribution in [0.2, 0.25) is 0 Å². The van der Waals surface area contributed by atoms with Gasteiger partial charge in [0.25, 0.3) is 0 Å². The number of imidazole rings is 1. The number of hydrogen-bond acceptors (Lipinski definition) is 13. The Kier molecular flexibility index (Phi) is 6.68. The molecule has 31 heavy (non-hydrogen) atoms. The number of aliphatic hydroxyl groups excluding tert-OH is 2. The van der Waals surface area contributed by atoms with Gasteiger partial charge in [0.2, 0.25) is 5.88 Å². The number of rotatable bonds is 8. The minimum Gasteiger partial charge on any atom is -0.492 e. The van der Waals surface area contributed by atoms with Gasteiger partial charge in [0.05, 0.1) is 12.9 Å². The summed E-state index contributed by atoms with van der Waals surface area (Å²) in [5, 5.41) is 30.0. The Morgan fingerprint density at radius 2 is 1.68 bits per heavy atom. The summed E-state index contributed by atoms with van der Waals surface area (Å²) in [4.78, 5) is 46.8. The third-order valence-electron chi connectivity index (χ3n) is 3.77. The van der Waals surface area contributed by atoms with Gasteiger partial charge < -0.3 is 39.6 Å². The van der Waals surface area contributed by atoms with Crippen LogP contribution in [0.15, 0.2) is 12.7 Å². The van der Waals surface area contributed by atoms with Gasteiger partial charge in [-0.05, 0) is 0 Å². The van der Waals surface area contributed by atoms with Crippen molar-refractivity contribution in [3.63, 3.8) is 0 Å². The van der Waals surface area contributed by atoms with E-state index in [1.807, 2.05) is 0 Å². The molecule has 174 valence electrons. The number of aliphatic hydroxyl groups is 2. The van der Waals surface area contributed by atoms with Crippen molar-refractivity contribution in [1.82, 2.24) is 19.5 Å². The Hall–Kier alpha value is -1.36. The fourth-order valence-electron chi connectivity index (χ4n) is 2.59. The summed E-state index contributed by atoms with van der Waals surface area (Å²) in [7, 11) is -16.7. The van der Waals surface area contributed by atoms with E-state index in [4.69, 9.17) is 19.4 Å². The lowest BCUT2D eigenvalue weighted by Gasteiger charge is -2.19. The Morgan fingerprint density at radius 1 is 1.00 bits per heavy atom. The number of fused-ring (bicyclic) bond motifs is 1. The minimum atomic E-state index is -5.71. The lowest BCUT2D eigenvalue weighted by Crippen LogP contribution is -2.33. The molecule has 0 aliphatic carbocycles. The van der Waals surface area contributed by atoms with Crippen LogP contribution in [0.4, 0.5) is 0 Å². The van der Waals surface area contributed by atoms with Crippen molar-refractivity contribution in [1.29, 1.82) is 0 Å². The van der Waals surface area contributed by atoms with Gasteiger partial charge in [-0.25, -0.2) is 23.7 Å². The maximum atomic E-state index is 11.8. The van der Waals surface area contributed by atoms with E-state index in [0.717, 1.165) is 17.2 Å². The third kappa shape index (κ3) is 5.71. The molecule has 7 N–H and O–H groups in total. The average Bonchev–Trinajstić information content (AvgIpc) is 3.13. The van der Waals surface area contributed by atoms with Gasteiger partial charge in [-0.1, -0.05) is 0 Å². The highest BCUT2D eigenvalue weighted by Gasteiger charge is 2.47.